The molecule has 1 unspecified atom stereocenters. The zero-order chi connectivity index (χ0) is 18.1. The Labute approximate surface area is 146 Å². The Hall–Kier alpha value is -2.86. The lowest BCUT2D eigenvalue weighted by molar-refractivity contribution is -0.151. The van der Waals surface area contributed by atoms with Gasteiger partial charge in [-0.25, -0.2) is 0 Å². The molecule has 25 heavy (non-hydrogen) atoms. The third-order valence-corrected chi connectivity index (χ3v) is 3.60. The average molecular weight is 343 g/mol. The van der Waals surface area contributed by atoms with E-state index >= 15 is 0 Å². The molecule has 1 atom stereocenters. The van der Waals surface area contributed by atoms with Crippen LogP contribution in [0.25, 0.3) is 0 Å². The van der Waals surface area contributed by atoms with E-state index in [2.05, 4.69) is 5.32 Å². The summed E-state index contributed by atoms with van der Waals surface area (Å²) < 4.78 is 10.3. The fourth-order valence-corrected chi connectivity index (χ4v) is 2.23. The SMILES string of the molecule is COc1ccc(CNC(CC(=O)O)C(=O)OCc2ccccc2)cc1. The fourth-order valence-electron chi connectivity index (χ4n) is 2.23. The molecule has 0 bridgehead atoms. The van der Waals surface area contributed by atoms with Crippen LogP contribution in [0.2, 0.25) is 0 Å². The highest BCUT2D eigenvalue weighted by Gasteiger charge is 2.22. The molecular weight excluding hydrogens is 322 g/mol. The highest BCUT2D eigenvalue weighted by atomic mass is 16.5. The minimum absolute atomic E-state index is 0.111. The standard InChI is InChI=1S/C19H21NO5/c1-24-16-9-7-14(8-10-16)12-20-17(11-18(21)22)19(23)25-13-15-5-3-2-4-6-15/h2-10,17,20H,11-13H2,1H3,(H,21,22). The third kappa shape index (κ3) is 6.27. The summed E-state index contributed by atoms with van der Waals surface area (Å²) in [4.78, 5) is 23.2. The van der Waals surface area contributed by atoms with Crippen molar-refractivity contribution in [3.05, 3.63) is 65.7 Å². The molecule has 0 spiro atoms. The smallest absolute Gasteiger partial charge is 0.324 e. The average Bonchev–Trinajstić information content (AvgIpc) is 2.64. The first-order valence-electron chi connectivity index (χ1n) is 7.87. The molecule has 2 rings (SSSR count). The molecule has 6 heteroatoms. The summed E-state index contributed by atoms with van der Waals surface area (Å²) in [6.45, 7) is 0.461. The number of aliphatic carboxylic acids is 1. The molecule has 6 nitrogen and oxygen atoms in total. The number of hydrogen-bond acceptors (Lipinski definition) is 5. The summed E-state index contributed by atoms with van der Waals surface area (Å²) in [5, 5.41) is 12.0. The second-order valence-electron chi connectivity index (χ2n) is 5.47. The van der Waals surface area contributed by atoms with Crippen molar-refractivity contribution in [2.45, 2.75) is 25.6 Å². The summed E-state index contributed by atoms with van der Waals surface area (Å²) in [7, 11) is 1.58. The van der Waals surface area contributed by atoms with E-state index < -0.39 is 18.0 Å². The second-order valence-corrected chi connectivity index (χ2v) is 5.47. The largest absolute Gasteiger partial charge is 0.497 e. The first-order chi connectivity index (χ1) is 12.1. The highest BCUT2D eigenvalue weighted by Crippen LogP contribution is 2.11. The molecule has 0 radical (unpaired) electrons. The van der Waals surface area contributed by atoms with Crippen LogP contribution in [0.1, 0.15) is 17.5 Å². The van der Waals surface area contributed by atoms with Crippen molar-refractivity contribution in [3.8, 4) is 5.75 Å². The van der Waals surface area contributed by atoms with E-state index in [4.69, 9.17) is 14.6 Å². The zero-order valence-electron chi connectivity index (χ0n) is 14.0. The predicted molar refractivity (Wildman–Crippen MR) is 92.1 cm³/mol. The molecule has 0 fully saturated rings. The van der Waals surface area contributed by atoms with Crippen LogP contribution in [-0.4, -0.2) is 30.2 Å². The molecular formula is C19H21NO5. The van der Waals surface area contributed by atoms with Crippen molar-refractivity contribution in [1.82, 2.24) is 5.32 Å². The van der Waals surface area contributed by atoms with Crippen LogP contribution < -0.4 is 10.1 Å². The van der Waals surface area contributed by atoms with Gasteiger partial charge in [0.1, 0.15) is 18.4 Å². The number of rotatable bonds is 9. The first kappa shape index (κ1) is 18.5. The maximum Gasteiger partial charge on any atom is 0.324 e. The van der Waals surface area contributed by atoms with Gasteiger partial charge in [-0.05, 0) is 23.3 Å². The summed E-state index contributed by atoms with van der Waals surface area (Å²) in [6.07, 6.45) is -0.343. The van der Waals surface area contributed by atoms with Gasteiger partial charge in [-0.1, -0.05) is 42.5 Å². The molecule has 0 amide bonds. The first-order valence-corrected chi connectivity index (χ1v) is 7.87. The zero-order valence-corrected chi connectivity index (χ0v) is 14.0. The Bertz CT molecular complexity index is 685. The molecule has 0 saturated heterocycles. The Morgan fingerprint density at radius 1 is 1.04 bits per heavy atom. The minimum Gasteiger partial charge on any atom is -0.497 e. The molecule has 0 saturated carbocycles. The highest BCUT2D eigenvalue weighted by molar-refractivity contribution is 5.82. The lowest BCUT2D eigenvalue weighted by Crippen LogP contribution is -2.39. The van der Waals surface area contributed by atoms with E-state index in [-0.39, 0.29) is 13.0 Å². The van der Waals surface area contributed by atoms with E-state index in [0.717, 1.165) is 16.9 Å². The summed E-state index contributed by atoms with van der Waals surface area (Å²) in [5.74, 6) is -0.920. The maximum atomic E-state index is 12.2. The Morgan fingerprint density at radius 3 is 2.32 bits per heavy atom. The van der Waals surface area contributed by atoms with E-state index in [1.807, 2.05) is 42.5 Å². The molecule has 0 aliphatic rings. The number of carbonyl (C=O) groups is 2. The van der Waals surface area contributed by atoms with Crippen molar-refractivity contribution in [1.29, 1.82) is 0 Å². The van der Waals surface area contributed by atoms with Crippen molar-refractivity contribution >= 4 is 11.9 Å². The van der Waals surface area contributed by atoms with Crippen molar-refractivity contribution < 1.29 is 24.2 Å². The van der Waals surface area contributed by atoms with E-state index in [9.17, 15) is 9.59 Å². The number of ether oxygens (including phenoxy) is 2. The molecule has 0 aromatic heterocycles. The normalized spacial score (nSPS) is 11.6. The van der Waals surface area contributed by atoms with Gasteiger partial charge in [0.2, 0.25) is 0 Å². The van der Waals surface area contributed by atoms with E-state index in [1.54, 1.807) is 19.2 Å². The molecule has 132 valence electrons. The van der Waals surface area contributed by atoms with Crippen LogP contribution in [-0.2, 0) is 27.5 Å². The third-order valence-electron chi connectivity index (χ3n) is 3.60. The van der Waals surface area contributed by atoms with Crippen LogP contribution >= 0.6 is 0 Å². The summed E-state index contributed by atoms with van der Waals surface area (Å²) in [6, 6.07) is 15.6. The van der Waals surface area contributed by atoms with Gasteiger partial charge in [-0.15, -0.1) is 0 Å². The lowest BCUT2D eigenvalue weighted by atomic mass is 10.1. The molecule has 0 aliphatic heterocycles. The Balaban J connectivity index is 1.92. The van der Waals surface area contributed by atoms with Gasteiger partial charge in [0.05, 0.1) is 13.5 Å². The molecule has 2 aromatic rings. The van der Waals surface area contributed by atoms with Crippen LogP contribution in [0.4, 0.5) is 0 Å². The Kier molecular flexibility index (Phi) is 6.98. The van der Waals surface area contributed by atoms with Crippen molar-refractivity contribution in [3.63, 3.8) is 0 Å². The number of nitrogens with one attached hydrogen (secondary N) is 1. The number of carbonyl (C=O) groups excluding carboxylic acids is 1. The van der Waals surface area contributed by atoms with E-state index in [1.165, 1.54) is 0 Å². The molecule has 2 aromatic carbocycles. The molecule has 0 aliphatic carbocycles. The van der Waals surface area contributed by atoms with Gasteiger partial charge in [0.25, 0.3) is 0 Å². The molecule has 0 heterocycles. The van der Waals surface area contributed by atoms with Gasteiger partial charge in [-0.3, -0.25) is 14.9 Å². The number of methoxy groups -OCH3 is 1. The molecule has 2 N–H and O–H groups in total. The summed E-state index contributed by atoms with van der Waals surface area (Å²) in [5.41, 5.74) is 1.76. The number of hydrogen-bond donors (Lipinski definition) is 2. The maximum absolute atomic E-state index is 12.2. The van der Waals surface area contributed by atoms with E-state index in [0.29, 0.717) is 6.54 Å². The topological polar surface area (TPSA) is 84.9 Å². The van der Waals surface area contributed by atoms with Crippen molar-refractivity contribution in [2.24, 2.45) is 0 Å². The fraction of sp³-hybridized carbons (Fsp3) is 0.263. The van der Waals surface area contributed by atoms with Gasteiger partial charge in [0, 0.05) is 6.54 Å². The van der Waals surface area contributed by atoms with Crippen LogP contribution in [0, 0.1) is 0 Å². The van der Waals surface area contributed by atoms with Crippen molar-refractivity contribution in [2.75, 3.05) is 7.11 Å². The Morgan fingerprint density at radius 2 is 1.72 bits per heavy atom. The number of benzene rings is 2. The van der Waals surface area contributed by atoms with Gasteiger partial charge in [-0.2, -0.15) is 0 Å². The van der Waals surface area contributed by atoms with Gasteiger partial charge >= 0.3 is 11.9 Å². The van der Waals surface area contributed by atoms with Crippen LogP contribution in [0.5, 0.6) is 5.75 Å². The number of carboxylic acid groups (broad SMARTS) is 1. The minimum atomic E-state index is -1.07. The monoisotopic (exact) mass is 343 g/mol. The summed E-state index contributed by atoms with van der Waals surface area (Å²) >= 11 is 0. The van der Waals surface area contributed by atoms with Crippen LogP contribution in [0.15, 0.2) is 54.6 Å². The lowest BCUT2D eigenvalue weighted by Gasteiger charge is -2.16. The quantitative estimate of drug-likeness (QED) is 0.680. The van der Waals surface area contributed by atoms with Gasteiger partial charge in [0.15, 0.2) is 0 Å². The second kappa shape index (κ2) is 9.44. The van der Waals surface area contributed by atoms with Crippen LogP contribution in [0.3, 0.4) is 0 Å². The van der Waals surface area contributed by atoms with Gasteiger partial charge < -0.3 is 14.6 Å². The predicted octanol–water partition coefficient (Wildman–Crippen LogP) is 2.37. The number of esters is 1. The number of carboxylic acids is 1.